The maximum absolute atomic E-state index is 11.2. The molecule has 0 saturated carbocycles. The second-order valence-electron chi connectivity index (χ2n) is 5.83. The van der Waals surface area contributed by atoms with E-state index in [0.717, 1.165) is 22.9 Å². The Balaban J connectivity index is 1.79. The number of nitrogens with zero attached hydrogens (tertiary/aromatic N) is 1. The van der Waals surface area contributed by atoms with Crippen molar-refractivity contribution in [1.29, 1.82) is 0 Å². The van der Waals surface area contributed by atoms with Gasteiger partial charge in [0.1, 0.15) is 10.9 Å². The number of hydrogen-bond donors (Lipinski definition) is 1. The maximum Gasteiger partial charge on any atom is 0.316 e. The Labute approximate surface area is 164 Å². The molecule has 1 N–H and O–H groups in total. The van der Waals surface area contributed by atoms with Crippen molar-refractivity contribution in [3.05, 3.63) is 47.5 Å². The summed E-state index contributed by atoms with van der Waals surface area (Å²) >= 11 is 7.03. The van der Waals surface area contributed by atoms with Gasteiger partial charge in [0, 0.05) is 16.1 Å². The number of carboxylic acids is 1. The van der Waals surface area contributed by atoms with Gasteiger partial charge < -0.3 is 19.0 Å². The first kappa shape index (κ1) is 17.8. The molecule has 0 saturated heterocycles. The molecule has 1 unspecified atom stereocenters. The summed E-state index contributed by atoms with van der Waals surface area (Å²) in [5, 5.41) is 9.35. The Kier molecular flexibility index (Phi) is 4.72. The van der Waals surface area contributed by atoms with Gasteiger partial charge in [-0.15, -0.1) is 0 Å². The van der Waals surface area contributed by atoms with Crippen molar-refractivity contribution >= 4 is 29.3 Å². The van der Waals surface area contributed by atoms with E-state index in [1.807, 2.05) is 30.3 Å². The summed E-state index contributed by atoms with van der Waals surface area (Å²) in [5.74, 6) is 0.900. The second-order valence-corrected chi connectivity index (χ2v) is 7.56. The molecule has 4 rings (SSSR count). The van der Waals surface area contributed by atoms with Gasteiger partial charge in [0.25, 0.3) is 5.22 Å². The number of carbonyl (C=O) groups is 1. The van der Waals surface area contributed by atoms with Crippen molar-refractivity contribution in [2.24, 2.45) is 0 Å². The van der Waals surface area contributed by atoms with Crippen molar-refractivity contribution in [3.63, 3.8) is 0 Å². The number of rotatable bonds is 5. The number of carboxylic acid groups (broad SMARTS) is 1. The van der Waals surface area contributed by atoms with Crippen LogP contribution in [-0.4, -0.2) is 28.1 Å². The molecule has 0 radical (unpaired) electrons. The fraction of sp³-hybridized carbons (Fsp3) is 0.158. The molecule has 0 bridgehead atoms. The number of hydrogen-bond acceptors (Lipinski definition) is 6. The van der Waals surface area contributed by atoms with Crippen molar-refractivity contribution < 1.29 is 23.8 Å². The molecule has 0 amide bonds. The van der Waals surface area contributed by atoms with Gasteiger partial charge in [-0.1, -0.05) is 23.4 Å². The number of fused-ring (bicyclic) bond motifs is 1. The number of benzene rings is 2. The molecule has 1 aromatic heterocycles. The number of ether oxygens (including phenoxy) is 2. The van der Waals surface area contributed by atoms with Gasteiger partial charge in [-0.25, -0.2) is 4.98 Å². The average molecular weight is 404 g/mol. The molecule has 6 nitrogen and oxygen atoms in total. The molecule has 1 aliphatic heterocycles. The van der Waals surface area contributed by atoms with Gasteiger partial charge >= 0.3 is 5.97 Å². The highest BCUT2D eigenvalue weighted by Crippen LogP contribution is 2.41. The monoisotopic (exact) mass is 403 g/mol. The molecule has 0 aliphatic carbocycles. The lowest BCUT2D eigenvalue weighted by molar-refractivity contribution is -0.136. The molecule has 3 aromatic rings. The van der Waals surface area contributed by atoms with E-state index >= 15 is 0 Å². The molecule has 0 fully saturated rings. The van der Waals surface area contributed by atoms with Crippen molar-refractivity contribution in [2.45, 2.75) is 17.4 Å². The van der Waals surface area contributed by atoms with E-state index in [9.17, 15) is 4.79 Å². The van der Waals surface area contributed by atoms with Gasteiger partial charge in [0.2, 0.25) is 6.79 Å². The molecule has 138 valence electrons. The zero-order chi connectivity index (χ0) is 19.0. The first-order valence-electron chi connectivity index (χ1n) is 8.07. The molecule has 1 atom stereocenters. The Morgan fingerprint density at radius 3 is 2.59 bits per heavy atom. The van der Waals surface area contributed by atoms with Crippen LogP contribution in [0, 0.1) is 0 Å². The zero-order valence-corrected chi connectivity index (χ0v) is 15.7. The molecule has 2 aromatic carbocycles. The van der Waals surface area contributed by atoms with Crippen LogP contribution in [-0.2, 0) is 4.79 Å². The lowest BCUT2D eigenvalue weighted by atomic mass is 10.1. The van der Waals surface area contributed by atoms with Crippen molar-refractivity contribution in [1.82, 2.24) is 4.98 Å². The van der Waals surface area contributed by atoms with E-state index in [1.165, 1.54) is 0 Å². The van der Waals surface area contributed by atoms with Crippen LogP contribution in [0.2, 0.25) is 5.02 Å². The number of halogens is 1. The summed E-state index contributed by atoms with van der Waals surface area (Å²) in [5.41, 5.74) is 2.16. The highest BCUT2D eigenvalue weighted by molar-refractivity contribution is 8.00. The van der Waals surface area contributed by atoms with Crippen LogP contribution in [0.25, 0.3) is 22.6 Å². The third-order valence-electron chi connectivity index (χ3n) is 3.99. The second kappa shape index (κ2) is 7.17. The fourth-order valence-electron chi connectivity index (χ4n) is 2.59. The van der Waals surface area contributed by atoms with Gasteiger partial charge in [0.15, 0.2) is 17.3 Å². The Hall–Kier alpha value is -2.64. The van der Waals surface area contributed by atoms with Crippen LogP contribution in [0.15, 0.2) is 52.1 Å². The highest BCUT2D eigenvalue weighted by Gasteiger charge is 2.23. The van der Waals surface area contributed by atoms with Crippen LogP contribution < -0.4 is 9.47 Å². The van der Waals surface area contributed by atoms with E-state index in [-0.39, 0.29) is 12.0 Å². The predicted octanol–water partition coefficient (Wildman–Crippen LogP) is 4.96. The predicted molar refractivity (Wildman–Crippen MR) is 101 cm³/mol. The highest BCUT2D eigenvalue weighted by atomic mass is 35.5. The number of aliphatic carboxylic acids is 1. The molecule has 8 heteroatoms. The number of oxazole rings is 1. The van der Waals surface area contributed by atoms with Crippen LogP contribution in [0.5, 0.6) is 11.5 Å². The minimum absolute atomic E-state index is 0.179. The van der Waals surface area contributed by atoms with Gasteiger partial charge in [-0.2, -0.15) is 0 Å². The zero-order valence-electron chi connectivity index (χ0n) is 14.1. The van der Waals surface area contributed by atoms with E-state index in [2.05, 4.69) is 4.98 Å². The minimum Gasteiger partial charge on any atom is -0.480 e. The Morgan fingerprint density at radius 1 is 1.15 bits per heavy atom. The van der Waals surface area contributed by atoms with Crippen LogP contribution in [0.3, 0.4) is 0 Å². The molecular weight excluding hydrogens is 390 g/mol. The molecule has 27 heavy (non-hydrogen) atoms. The van der Waals surface area contributed by atoms with E-state index in [0.29, 0.717) is 28.0 Å². The van der Waals surface area contributed by atoms with Gasteiger partial charge in [-0.3, -0.25) is 4.79 Å². The molecule has 2 heterocycles. The summed E-state index contributed by atoms with van der Waals surface area (Å²) in [7, 11) is 0. The smallest absolute Gasteiger partial charge is 0.316 e. The quantitative estimate of drug-likeness (QED) is 0.603. The first-order chi connectivity index (χ1) is 13.0. The topological polar surface area (TPSA) is 81.8 Å². The van der Waals surface area contributed by atoms with E-state index in [4.69, 9.17) is 30.6 Å². The van der Waals surface area contributed by atoms with E-state index in [1.54, 1.807) is 19.1 Å². The van der Waals surface area contributed by atoms with Crippen LogP contribution in [0.1, 0.15) is 6.92 Å². The Morgan fingerprint density at radius 2 is 1.85 bits per heavy atom. The summed E-state index contributed by atoms with van der Waals surface area (Å²) in [6.45, 7) is 1.76. The lowest BCUT2D eigenvalue weighted by Gasteiger charge is -2.03. The summed E-state index contributed by atoms with van der Waals surface area (Å²) in [6, 6.07) is 12.7. The maximum atomic E-state index is 11.2. The SMILES string of the molecule is CC(Sc1nc(-c2ccc3c(c2)OCO3)c(-c2ccc(Cl)cc2)o1)C(=O)O. The van der Waals surface area contributed by atoms with Crippen LogP contribution >= 0.6 is 23.4 Å². The third kappa shape index (κ3) is 3.61. The molecule has 0 spiro atoms. The average Bonchev–Trinajstić information content (AvgIpc) is 3.28. The summed E-state index contributed by atoms with van der Waals surface area (Å²) < 4.78 is 16.7. The summed E-state index contributed by atoms with van der Waals surface area (Å²) in [6.07, 6.45) is 0. The van der Waals surface area contributed by atoms with Gasteiger partial charge in [0.05, 0.1) is 0 Å². The third-order valence-corrected chi connectivity index (χ3v) is 5.17. The summed E-state index contributed by atoms with van der Waals surface area (Å²) in [4.78, 5) is 15.7. The van der Waals surface area contributed by atoms with Crippen LogP contribution in [0.4, 0.5) is 0 Å². The fourth-order valence-corrected chi connectivity index (χ4v) is 3.39. The van der Waals surface area contributed by atoms with Crippen molar-refractivity contribution in [2.75, 3.05) is 6.79 Å². The lowest BCUT2D eigenvalue weighted by Crippen LogP contribution is -2.10. The molecular formula is C19H14ClNO5S. The Bertz CT molecular complexity index is 1000. The van der Waals surface area contributed by atoms with Gasteiger partial charge in [-0.05, 0) is 49.4 Å². The van der Waals surface area contributed by atoms with Crippen molar-refractivity contribution in [3.8, 4) is 34.1 Å². The standard InChI is InChI=1S/C19H14ClNO5S/c1-10(18(22)23)27-19-21-16(12-4-7-14-15(8-12)25-9-24-14)17(26-19)11-2-5-13(20)6-3-11/h2-8,10H,9H2,1H3,(H,22,23). The largest absolute Gasteiger partial charge is 0.480 e. The van der Waals surface area contributed by atoms with E-state index < -0.39 is 11.2 Å². The normalized spacial score (nSPS) is 13.6. The molecule has 1 aliphatic rings. The number of aromatic nitrogens is 1. The minimum atomic E-state index is -0.934. The first-order valence-corrected chi connectivity index (χ1v) is 9.33. The number of thioether (sulfide) groups is 1.